The molecule has 0 amide bonds. The van der Waals surface area contributed by atoms with Crippen molar-refractivity contribution < 1.29 is 0 Å². The monoisotopic (exact) mass is 171 g/mol. The minimum atomic E-state index is 0.648. The molecule has 0 heterocycles. The summed E-state index contributed by atoms with van der Waals surface area (Å²) in [4.78, 5) is 0. The topological polar surface area (TPSA) is 12.0 Å². The van der Waals surface area contributed by atoms with E-state index in [4.69, 9.17) is 0 Å². The Kier molecular flexibility index (Phi) is 4.50. The Morgan fingerprint density at radius 3 is 1.64 bits per heavy atom. The third kappa shape index (κ3) is 3.10. The quantitative estimate of drug-likeness (QED) is 0.627. The van der Waals surface area contributed by atoms with Gasteiger partial charge in [-0.25, -0.2) is 0 Å². The molecule has 0 rings (SSSR count). The van der Waals surface area contributed by atoms with Crippen molar-refractivity contribution in [3.8, 4) is 0 Å². The fourth-order valence-corrected chi connectivity index (χ4v) is 2.08. The van der Waals surface area contributed by atoms with Gasteiger partial charge in [0.25, 0.3) is 0 Å². The highest BCUT2D eigenvalue weighted by Gasteiger charge is 2.07. The summed E-state index contributed by atoms with van der Waals surface area (Å²) >= 11 is 0. The van der Waals surface area contributed by atoms with Crippen LogP contribution in [0.4, 0.5) is 0 Å². The van der Waals surface area contributed by atoms with Crippen LogP contribution in [0, 0.1) is 11.8 Å². The molecule has 0 spiro atoms. The highest BCUT2D eigenvalue weighted by atomic mass is 28.1. The van der Waals surface area contributed by atoms with Crippen LogP contribution in [0.1, 0.15) is 27.7 Å². The van der Waals surface area contributed by atoms with E-state index in [9.17, 15) is 0 Å². The maximum absolute atomic E-state index is 3.30. The first-order chi connectivity index (χ1) is 5.00. The molecule has 0 aromatic rings. The Labute approximate surface area is 73.7 Å². The van der Waals surface area contributed by atoms with E-state index in [2.05, 4.69) is 33.0 Å². The van der Waals surface area contributed by atoms with Gasteiger partial charge in [-0.2, -0.15) is 0 Å². The molecule has 0 saturated heterocycles. The Balaban J connectivity index is 4.54. The fraction of sp³-hybridized carbons (Fsp3) is 0.778. The van der Waals surface area contributed by atoms with Crippen molar-refractivity contribution in [2.24, 2.45) is 11.8 Å². The van der Waals surface area contributed by atoms with E-state index in [0.29, 0.717) is 11.8 Å². The second-order valence-corrected chi connectivity index (χ2v) is 4.73. The first kappa shape index (κ1) is 10.8. The highest BCUT2D eigenvalue weighted by Crippen LogP contribution is 2.15. The fourth-order valence-electron chi connectivity index (χ4n) is 1.25. The van der Waals surface area contributed by atoms with Gasteiger partial charge in [0.05, 0.1) is 0 Å². The minimum absolute atomic E-state index is 0.648. The van der Waals surface area contributed by atoms with Crippen LogP contribution in [0.2, 0.25) is 0 Å². The van der Waals surface area contributed by atoms with Gasteiger partial charge in [-0.15, -0.1) is 0 Å². The van der Waals surface area contributed by atoms with E-state index in [1.807, 2.05) is 7.05 Å². The Hall–Kier alpha value is -0.243. The molecule has 0 aliphatic carbocycles. The molecule has 0 aromatic heterocycles. The van der Waals surface area contributed by atoms with Crippen LogP contribution in [0.5, 0.6) is 0 Å². The van der Waals surface area contributed by atoms with Crippen molar-refractivity contribution in [1.29, 1.82) is 0 Å². The molecular weight excluding hydrogens is 150 g/mol. The molecule has 11 heavy (non-hydrogen) atoms. The van der Waals surface area contributed by atoms with Gasteiger partial charge in [0.2, 0.25) is 0 Å². The van der Waals surface area contributed by atoms with E-state index < -0.39 is 0 Å². The standard InChI is InChI=1S/C9H21NSi/c1-6(2)8(10-5)9(11)7(3)4/h6-7,10H,1-5,11H3. The van der Waals surface area contributed by atoms with Gasteiger partial charge < -0.3 is 5.32 Å². The molecule has 66 valence electrons. The van der Waals surface area contributed by atoms with E-state index in [-0.39, 0.29) is 0 Å². The largest absolute Gasteiger partial charge is 0.392 e. The van der Waals surface area contributed by atoms with Gasteiger partial charge in [-0.05, 0) is 11.8 Å². The van der Waals surface area contributed by atoms with E-state index in [1.165, 1.54) is 15.9 Å². The lowest BCUT2D eigenvalue weighted by atomic mass is 10.1. The van der Waals surface area contributed by atoms with Crippen LogP contribution in [-0.4, -0.2) is 17.3 Å². The third-order valence-electron chi connectivity index (χ3n) is 2.14. The summed E-state index contributed by atoms with van der Waals surface area (Å²) in [7, 11) is 3.20. The van der Waals surface area contributed by atoms with Crippen LogP contribution in [-0.2, 0) is 0 Å². The van der Waals surface area contributed by atoms with Crippen molar-refractivity contribution in [2.45, 2.75) is 27.7 Å². The SMILES string of the molecule is CNC(=C([SiH3])C(C)C)C(C)C. The molecule has 0 bridgehead atoms. The van der Waals surface area contributed by atoms with Crippen LogP contribution in [0.25, 0.3) is 0 Å². The summed E-state index contributed by atoms with van der Waals surface area (Å²) in [6, 6.07) is 0. The average molecular weight is 171 g/mol. The zero-order valence-electron chi connectivity index (χ0n) is 8.65. The molecule has 0 saturated carbocycles. The maximum atomic E-state index is 3.30. The first-order valence-corrected chi connectivity index (χ1v) is 5.39. The number of rotatable bonds is 3. The number of hydrogen-bond donors (Lipinski definition) is 1. The van der Waals surface area contributed by atoms with Gasteiger partial charge in [-0.1, -0.05) is 32.9 Å². The summed E-state index contributed by atoms with van der Waals surface area (Å²) < 4.78 is 0. The molecule has 0 aliphatic rings. The van der Waals surface area contributed by atoms with Crippen molar-refractivity contribution in [3.05, 3.63) is 10.9 Å². The van der Waals surface area contributed by atoms with Crippen molar-refractivity contribution in [2.75, 3.05) is 7.05 Å². The van der Waals surface area contributed by atoms with Crippen molar-refractivity contribution >= 4 is 10.2 Å². The zero-order chi connectivity index (χ0) is 9.02. The summed E-state index contributed by atoms with van der Waals surface area (Å²) in [6.07, 6.45) is 0. The summed E-state index contributed by atoms with van der Waals surface area (Å²) in [6.45, 7) is 9.02. The first-order valence-electron chi connectivity index (χ1n) is 4.39. The molecule has 0 radical (unpaired) electrons. The minimum Gasteiger partial charge on any atom is -0.392 e. The van der Waals surface area contributed by atoms with Crippen LogP contribution < -0.4 is 5.32 Å². The van der Waals surface area contributed by atoms with Crippen LogP contribution in [0.15, 0.2) is 10.9 Å². The smallest absolute Gasteiger partial charge is 0.0359 e. The maximum Gasteiger partial charge on any atom is 0.0359 e. The molecular formula is C9H21NSi. The second kappa shape index (κ2) is 4.60. The van der Waals surface area contributed by atoms with Crippen molar-refractivity contribution in [3.63, 3.8) is 0 Å². The Morgan fingerprint density at radius 1 is 1.09 bits per heavy atom. The third-order valence-corrected chi connectivity index (χ3v) is 3.83. The summed E-state index contributed by atoms with van der Waals surface area (Å²) in [5, 5.41) is 4.91. The molecule has 0 atom stereocenters. The average Bonchev–Trinajstić information content (AvgIpc) is 1.88. The van der Waals surface area contributed by atoms with Gasteiger partial charge >= 0.3 is 0 Å². The van der Waals surface area contributed by atoms with Gasteiger partial charge in [0.1, 0.15) is 0 Å². The summed E-state index contributed by atoms with van der Waals surface area (Å²) in [5.74, 6) is 1.36. The lowest BCUT2D eigenvalue weighted by Gasteiger charge is -2.17. The Morgan fingerprint density at radius 2 is 1.55 bits per heavy atom. The second-order valence-electron chi connectivity index (χ2n) is 3.66. The highest BCUT2D eigenvalue weighted by molar-refractivity contribution is 6.22. The van der Waals surface area contributed by atoms with Gasteiger partial charge in [0.15, 0.2) is 0 Å². The van der Waals surface area contributed by atoms with Crippen LogP contribution in [0.3, 0.4) is 0 Å². The molecule has 1 nitrogen and oxygen atoms in total. The molecule has 1 N–H and O–H groups in total. The van der Waals surface area contributed by atoms with Crippen molar-refractivity contribution in [1.82, 2.24) is 5.32 Å². The summed E-state index contributed by atoms with van der Waals surface area (Å²) in [5.41, 5.74) is 1.45. The van der Waals surface area contributed by atoms with E-state index >= 15 is 0 Å². The van der Waals surface area contributed by atoms with E-state index in [0.717, 1.165) is 0 Å². The lowest BCUT2D eigenvalue weighted by molar-refractivity contribution is 0.663. The molecule has 0 aromatic carbocycles. The number of nitrogens with one attached hydrogen (secondary N) is 1. The number of allylic oxidation sites excluding steroid dienone is 2. The molecule has 0 fully saturated rings. The van der Waals surface area contributed by atoms with E-state index in [1.54, 1.807) is 5.20 Å². The normalized spacial score (nSPS) is 14.1. The predicted octanol–water partition coefficient (Wildman–Crippen LogP) is 1.09. The van der Waals surface area contributed by atoms with Crippen LogP contribution >= 0.6 is 0 Å². The lowest BCUT2D eigenvalue weighted by Crippen LogP contribution is -2.17. The predicted molar refractivity (Wildman–Crippen MR) is 55.7 cm³/mol. The molecule has 0 aliphatic heterocycles. The zero-order valence-corrected chi connectivity index (χ0v) is 10.7. The Bertz CT molecular complexity index is 148. The number of hydrogen-bond acceptors (Lipinski definition) is 1. The van der Waals surface area contributed by atoms with Gasteiger partial charge in [0, 0.05) is 23.0 Å². The molecule has 0 unspecified atom stereocenters. The molecule has 2 heteroatoms. The van der Waals surface area contributed by atoms with Gasteiger partial charge in [-0.3, -0.25) is 0 Å².